The van der Waals surface area contributed by atoms with Gasteiger partial charge in [-0.3, -0.25) is 0 Å². The van der Waals surface area contributed by atoms with Crippen molar-refractivity contribution in [1.82, 2.24) is 4.98 Å². The van der Waals surface area contributed by atoms with Gasteiger partial charge >= 0.3 is 0 Å². The molecule has 0 aliphatic carbocycles. The van der Waals surface area contributed by atoms with Gasteiger partial charge in [0.2, 0.25) is 0 Å². The predicted octanol–water partition coefficient (Wildman–Crippen LogP) is 5.45. The Hall–Kier alpha value is -0.743. The quantitative estimate of drug-likeness (QED) is 0.410. The molecule has 1 aromatic rings. The van der Waals surface area contributed by atoms with Crippen LogP contribution in [0.25, 0.3) is 0 Å². The fourth-order valence-corrected chi connectivity index (χ4v) is 3.59. The van der Waals surface area contributed by atoms with E-state index in [0.29, 0.717) is 0 Å². The second-order valence-corrected chi connectivity index (χ2v) is 11.8. The molecule has 1 heterocycles. The lowest BCUT2D eigenvalue weighted by Crippen LogP contribution is -2.40. The van der Waals surface area contributed by atoms with E-state index in [9.17, 15) is 0 Å². The van der Waals surface area contributed by atoms with Crippen LogP contribution in [0.3, 0.4) is 0 Å². The molecule has 0 saturated heterocycles. The largest absolute Gasteiger partial charge is 0.539 e. The Bertz CT molecular complexity index is 424. The first kappa shape index (κ1) is 16.3. The van der Waals surface area contributed by atoms with Gasteiger partial charge in [0.05, 0.1) is 0 Å². The van der Waals surface area contributed by atoms with Crippen LogP contribution in [-0.4, -0.2) is 13.3 Å². The smallest absolute Gasteiger partial charge is 0.251 e. The van der Waals surface area contributed by atoms with Gasteiger partial charge in [-0.2, -0.15) is 0 Å². The highest BCUT2D eigenvalue weighted by molar-refractivity contribution is 8.02. The molecular formula is C15H25NOSSi. The summed E-state index contributed by atoms with van der Waals surface area (Å²) in [5.41, 5.74) is 0. The molecule has 0 aliphatic rings. The number of hydrogen-bond donors (Lipinski definition) is 0. The molecule has 0 unspecified atom stereocenters. The van der Waals surface area contributed by atoms with Gasteiger partial charge in [-0.25, -0.2) is 4.98 Å². The zero-order chi connectivity index (χ0) is 14.5. The Labute approximate surface area is 122 Å². The topological polar surface area (TPSA) is 22.1 Å². The van der Waals surface area contributed by atoms with Gasteiger partial charge in [0, 0.05) is 6.20 Å². The van der Waals surface area contributed by atoms with Crippen molar-refractivity contribution < 1.29 is 4.43 Å². The third-order valence-corrected chi connectivity index (χ3v) is 8.77. The molecule has 0 atom stereocenters. The van der Waals surface area contributed by atoms with Crippen LogP contribution < -0.4 is 0 Å². The van der Waals surface area contributed by atoms with Crippen LogP contribution >= 0.6 is 11.8 Å². The fraction of sp³-hybridized carbons (Fsp3) is 0.533. The van der Waals surface area contributed by atoms with Crippen molar-refractivity contribution in [1.29, 1.82) is 0 Å². The third-order valence-electron chi connectivity index (χ3n) is 3.38. The molecule has 0 spiro atoms. The molecule has 0 saturated carbocycles. The normalized spacial score (nSPS) is 13.5. The molecule has 0 fully saturated rings. The van der Waals surface area contributed by atoms with Crippen molar-refractivity contribution in [3.63, 3.8) is 0 Å². The van der Waals surface area contributed by atoms with Crippen LogP contribution in [0.1, 0.15) is 34.1 Å². The van der Waals surface area contributed by atoms with Crippen LogP contribution in [0.5, 0.6) is 0 Å². The van der Waals surface area contributed by atoms with Crippen molar-refractivity contribution in [2.45, 2.75) is 57.3 Å². The lowest BCUT2D eigenvalue weighted by molar-refractivity contribution is 0.416. The summed E-state index contributed by atoms with van der Waals surface area (Å²) < 4.78 is 6.37. The summed E-state index contributed by atoms with van der Waals surface area (Å²) in [6.07, 6.45) is 4.95. The number of hydrogen-bond acceptors (Lipinski definition) is 3. The van der Waals surface area contributed by atoms with Crippen LogP contribution in [-0.2, 0) is 4.43 Å². The van der Waals surface area contributed by atoms with E-state index in [-0.39, 0.29) is 5.04 Å². The van der Waals surface area contributed by atoms with E-state index in [1.807, 2.05) is 24.4 Å². The first-order valence-electron chi connectivity index (χ1n) is 6.74. The zero-order valence-corrected chi connectivity index (χ0v) is 14.7. The summed E-state index contributed by atoms with van der Waals surface area (Å²) in [7, 11) is -1.78. The Kier molecular flexibility index (Phi) is 5.68. The van der Waals surface area contributed by atoms with Crippen molar-refractivity contribution >= 4 is 20.1 Å². The summed E-state index contributed by atoms with van der Waals surface area (Å²) in [6.45, 7) is 13.5. The summed E-state index contributed by atoms with van der Waals surface area (Å²) in [5, 5.41) is 2.19. The van der Waals surface area contributed by atoms with Gasteiger partial charge in [-0.05, 0) is 54.5 Å². The van der Waals surface area contributed by atoms with Crippen molar-refractivity contribution in [2.24, 2.45) is 0 Å². The van der Waals surface area contributed by atoms with Crippen molar-refractivity contribution in [3.05, 3.63) is 35.6 Å². The highest BCUT2D eigenvalue weighted by Gasteiger charge is 2.39. The van der Waals surface area contributed by atoms with Gasteiger partial charge in [0.1, 0.15) is 10.1 Å². The standard InChI is InChI=1S/C15H25NOSSi/c1-7-10-14(17-19(5,6)15(2,3)4)18-13-11-8-9-12-16-13/h8-12H,7H2,1-6H3/b14-10-. The molecule has 0 radical (unpaired) electrons. The average molecular weight is 296 g/mol. The summed E-state index contributed by atoms with van der Waals surface area (Å²) >= 11 is 1.62. The van der Waals surface area contributed by atoms with Crippen LogP contribution in [0.15, 0.2) is 40.6 Å². The molecule has 0 aromatic carbocycles. The van der Waals surface area contributed by atoms with E-state index < -0.39 is 8.32 Å². The lowest BCUT2D eigenvalue weighted by atomic mass is 10.2. The number of pyridine rings is 1. The SMILES string of the molecule is CC/C=C(/O[Si](C)(C)C(C)(C)C)Sc1ccccn1. The molecule has 0 N–H and O–H groups in total. The Morgan fingerprint density at radius 1 is 1.37 bits per heavy atom. The second-order valence-electron chi connectivity index (χ2n) is 6.06. The number of nitrogens with zero attached hydrogens (tertiary/aromatic N) is 1. The van der Waals surface area contributed by atoms with E-state index in [1.165, 1.54) is 0 Å². The maximum Gasteiger partial charge on any atom is 0.251 e. The monoisotopic (exact) mass is 295 g/mol. The Balaban J connectivity index is 2.83. The van der Waals surface area contributed by atoms with Crippen LogP contribution in [0, 0.1) is 0 Å². The first-order valence-corrected chi connectivity index (χ1v) is 10.5. The highest BCUT2D eigenvalue weighted by atomic mass is 32.2. The van der Waals surface area contributed by atoms with Crippen molar-refractivity contribution in [2.75, 3.05) is 0 Å². The van der Waals surface area contributed by atoms with Crippen molar-refractivity contribution in [3.8, 4) is 0 Å². The second kappa shape index (κ2) is 6.62. The van der Waals surface area contributed by atoms with Gasteiger partial charge in [-0.15, -0.1) is 0 Å². The minimum Gasteiger partial charge on any atom is -0.539 e. The van der Waals surface area contributed by atoms with E-state index in [4.69, 9.17) is 4.43 Å². The van der Waals surface area contributed by atoms with Gasteiger partial charge < -0.3 is 4.43 Å². The van der Waals surface area contributed by atoms with Gasteiger partial charge in [0.15, 0.2) is 0 Å². The molecule has 4 heteroatoms. The van der Waals surface area contributed by atoms with Crippen LogP contribution in [0.2, 0.25) is 18.1 Å². The van der Waals surface area contributed by atoms with Gasteiger partial charge in [-0.1, -0.05) is 33.8 Å². The highest BCUT2D eigenvalue weighted by Crippen LogP contribution is 2.40. The predicted molar refractivity (Wildman–Crippen MR) is 86.8 cm³/mol. The number of allylic oxidation sites excluding steroid dienone is 1. The molecule has 106 valence electrons. The summed E-state index contributed by atoms with van der Waals surface area (Å²) in [6, 6.07) is 5.95. The van der Waals surface area contributed by atoms with Gasteiger partial charge in [0.25, 0.3) is 8.32 Å². The van der Waals surface area contributed by atoms with E-state index in [1.54, 1.807) is 11.8 Å². The molecule has 0 aliphatic heterocycles. The van der Waals surface area contributed by atoms with E-state index >= 15 is 0 Å². The summed E-state index contributed by atoms with van der Waals surface area (Å²) in [4.78, 5) is 4.35. The number of thioether (sulfide) groups is 1. The third kappa shape index (κ3) is 5.03. The minimum atomic E-state index is -1.78. The Morgan fingerprint density at radius 3 is 2.53 bits per heavy atom. The molecule has 0 bridgehead atoms. The number of rotatable bonds is 5. The molecule has 1 aromatic heterocycles. The number of aromatic nitrogens is 1. The average Bonchev–Trinajstić information content (AvgIpc) is 2.28. The molecule has 19 heavy (non-hydrogen) atoms. The maximum absolute atomic E-state index is 6.37. The van der Waals surface area contributed by atoms with E-state index in [2.05, 4.69) is 51.8 Å². The lowest BCUT2D eigenvalue weighted by Gasteiger charge is -2.37. The molecular weight excluding hydrogens is 270 g/mol. The zero-order valence-electron chi connectivity index (χ0n) is 12.9. The minimum absolute atomic E-state index is 0.213. The summed E-state index contributed by atoms with van der Waals surface area (Å²) in [5.74, 6) is 0. The van der Waals surface area contributed by atoms with E-state index in [0.717, 1.165) is 16.5 Å². The van der Waals surface area contributed by atoms with Crippen LogP contribution in [0.4, 0.5) is 0 Å². The molecule has 2 nitrogen and oxygen atoms in total. The maximum atomic E-state index is 6.37. The Morgan fingerprint density at radius 2 is 2.05 bits per heavy atom. The first-order chi connectivity index (χ1) is 8.76. The molecule has 1 rings (SSSR count). The molecule has 0 amide bonds. The fourth-order valence-electron chi connectivity index (χ4n) is 1.19.